The fourth-order valence-corrected chi connectivity index (χ4v) is 3.09. The van der Waals surface area contributed by atoms with E-state index in [1.807, 2.05) is 12.4 Å². The molecule has 0 spiro atoms. The molecule has 1 aliphatic rings. The maximum Gasteiger partial charge on any atom is 0.288 e. The van der Waals surface area contributed by atoms with Crippen molar-refractivity contribution in [3.05, 3.63) is 30.4 Å². The highest BCUT2D eigenvalue weighted by molar-refractivity contribution is 5.88. The van der Waals surface area contributed by atoms with Gasteiger partial charge in [-0.05, 0) is 33.2 Å². The van der Waals surface area contributed by atoms with Crippen molar-refractivity contribution in [3.63, 3.8) is 0 Å². The molecule has 1 saturated heterocycles. The average molecular weight is 317 g/mol. The first-order valence-corrected chi connectivity index (χ1v) is 7.99. The van der Waals surface area contributed by atoms with Gasteiger partial charge in [0.2, 0.25) is 5.82 Å². The Morgan fingerprint density at radius 1 is 1.43 bits per heavy atom. The first kappa shape index (κ1) is 15.7. The van der Waals surface area contributed by atoms with E-state index in [1.54, 1.807) is 11.0 Å². The zero-order valence-electron chi connectivity index (χ0n) is 13.6. The number of rotatable bonds is 5. The Labute approximate surface area is 135 Å². The molecule has 0 radical (unpaired) electrons. The molecule has 0 bridgehead atoms. The highest BCUT2D eigenvalue weighted by Crippen LogP contribution is 2.22. The minimum absolute atomic E-state index is 0.0810. The number of nitrogens with zero attached hydrogens (tertiary/aromatic N) is 6. The molecule has 1 fully saturated rings. The summed E-state index contributed by atoms with van der Waals surface area (Å²) in [6, 6.07) is 0.619. The Balaban J connectivity index is 1.68. The number of nitrogens with two attached hydrogens (primary N) is 1. The summed E-state index contributed by atoms with van der Waals surface area (Å²) in [5, 5.41) is 4.19. The van der Waals surface area contributed by atoms with Crippen LogP contribution in [0.1, 0.15) is 55.2 Å². The molecule has 2 aromatic heterocycles. The standard InChI is InChI=1S/C15H23N7O/c1-11(2)21-7-5-17-13(21)9-20-6-3-4-12(8-20)22-10-18-15(19-22)14(16)23/h5,7,10-12H,3-4,6,8-9H2,1-2H3,(H2,16,23)/t12-/m1/s1. The van der Waals surface area contributed by atoms with E-state index < -0.39 is 5.91 Å². The quantitative estimate of drug-likeness (QED) is 0.887. The van der Waals surface area contributed by atoms with E-state index in [0.717, 1.165) is 38.3 Å². The van der Waals surface area contributed by atoms with Crippen molar-refractivity contribution >= 4 is 5.91 Å². The van der Waals surface area contributed by atoms with Crippen LogP contribution in [0.15, 0.2) is 18.7 Å². The van der Waals surface area contributed by atoms with Gasteiger partial charge in [-0.1, -0.05) is 0 Å². The van der Waals surface area contributed by atoms with E-state index in [2.05, 4.69) is 38.4 Å². The molecule has 8 nitrogen and oxygen atoms in total. The summed E-state index contributed by atoms with van der Waals surface area (Å²) in [6.07, 6.45) is 7.59. The molecule has 8 heteroatoms. The van der Waals surface area contributed by atoms with Crippen LogP contribution in [0, 0.1) is 0 Å². The molecular weight excluding hydrogens is 294 g/mol. The molecule has 0 saturated carbocycles. The highest BCUT2D eigenvalue weighted by atomic mass is 16.1. The first-order valence-electron chi connectivity index (χ1n) is 7.99. The van der Waals surface area contributed by atoms with Crippen LogP contribution in [-0.4, -0.2) is 48.2 Å². The monoisotopic (exact) mass is 317 g/mol. The summed E-state index contributed by atoms with van der Waals surface area (Å²) in [4.78, 5) is 22.0. The van der Waals surface area contributed by atoms with Gasteiger partial charge in [-0.2, -0.15) is 0 Å². The summed E-state index contributed by atoms with van der Waals surface area (Å²) in [7, 11) is 0. The van der Waals surface area contributed by atoms with Crippen LogP contribution in [0.2, 0.25) is 0 Å². The summed E-state index contributed by atoms with van der Waals surface area (Å²) >= 11 is 0. The largest absolute Gasteiger partial charge is 0.363 e. The molecule has 0 aliphatic carbocycles. The van der Waals surface area contributed by atoms with E-state index in [0.29, 0.717) is 6.04 Å². The van der Waals surface area contributed by atoms with Crippen molar-refractivity contribution in [1.29, 1.82) is 0 Å². The van der Waals surface area contributed by atoms with Crippen molar-refractivity contribution in [2.45, 2.75) is 45.3 Å². The van der Waals surface area contributed by atoms with Crippen LogP contribution in [0.4, 0.5) is 0 Å². The molecule has 1 amide bonds. The van der Waals surface area contributed by atoms with Crippen LogP contribution < -0.4 is 5.73 Å². The number of likely N-dealkylation sites (tertiary alicyclic amines) is 1. The van der Waals surface area contributed by atoms with Gasteiger partial charge in [0.25, 0.3) is 5.91 Å². The van der Waals surface area contributed by atoms with Gasteiger partial charge in [0.15, 0.2) is 0 Å². The SMILES string of the molecule is CC(C)n1ccnc1CN1CCC[C@@H](n2cnc(C(N)=O)n2)C1. The molecule has 3 heterocycles. The van der Waals surface area contributed by atoms with Gasteiger partial charge in [0.1, 0.15) is 12.2 Å². The molecule has 2 N–H and O–H groups in total. The summed E-state index contributed by atoms with van der Waals surface area (Å²) in [5.41, 5.74) is 5.22. The molecule has 3 rings (SSSR count). The zero-order chi connectivity index (χ0) is 16.4. The third-order valence-corrected chi connectivity index (χ3v) is 4.25. The lowest BCUT2D eigenvalue weighted by atomic mass is 10.1. The number of aromatic nitrogens is 5. The molecular formula is C15H23N7O. The predicted octanol–water partition coefficient (Wildman–Crippen LogP) is 0.992. The molecule has 0 aromatic carbocycles. The Bertz CT molecular complexity index is 675. The normalized spacial score (nSPS) is 19.3. The molecule has 23 heavy (non-hydrogen) atoms. The van der Waals surface area contributed by atoms with Gasteiger partial charge < -0.3 is 10.3 Å². The molecule has 0 unspecified atom stereocenters. The number of carbonyl (C=O) groups excluding carboxylic acids is 1. The fourth-order valence-electron chi connectivity index (χ4n) is 3.09. The molecule has 124 valence electrons. The van der Waals surface area contributed by atoms with Gasteiger partial charge in [0, 0.05) is 25.0 Å². The number of hydrogen-bond acceptors (Lipinski definition) is 5. The van der Waals surface area contributed by atoms with Crippen LogP contribution in [0.25, 0.3) is 0 Å². The highest BCUT2D eigenvalue weighted by Gasteiger charge is 2.24. The summed E-state index contributed by atoms with van der Waals surface area (Å²) in [6.45, 7) is 7.04. The Hall–Kier alpha value is -2.22. The van der Waals surface area contributed by atoms with Gasteiger partial charge in [0.05, 0.1) is 12.6 Å². The van der Waals surface area contributed by atoms with Gasteiger partial charge in [-0.15, -0.1) is 5.10 Å². The summed E-state index contributed by atoms with van der Waals surface area (Å²) in [5.74, 6) is 0.574. The Kier molecular flexibility index (Phi) is 4.42. The lowest BCUT2D eigenvalue weighted by Crippen LogP contribution is -2.37. The topological polar surface area (TPSA) is 94.9 Å². The number of piperidine rings is 1. The minimum Gasteiger partial charge on any atom is -0.363 e. The maximum atomic E-state index is 11.1. The van der Waals surface area contributed by atoms with Gasteiger partial charge in [-0.25, -0.2) is 14.6 Å². The second-order valence-electron chi connectivity index (χ2n) is 6.29. The van der Waals surface area contributed by atoms with Crippen LogP contribution in [0.3, 0.4) is 0 Å². The van der Waals surface area contributed by atoms with Crippen LogP contribution in [-0.2, 0) is 6.54 Å². The lowest BCUT2D eigenvalue weighted by Gasteiger charge is -2.32. The predicted molar refractivity (Wildman–Crippen MR) is 84.7 cm³/mol. The van der Waals surface area contributed by atoms with E-state index in [1.165, 1.54) is 0 Å². The first-order chi connectivity index (χ1) is 11.0. The minimum atomic E-state index is -0.588. The van der Waals surface area contributed by atoms with Crippen molar-refractivity contribution < 1.29 is 4.79 Å². The van der Waals surface area contributed by atoms with Crippen LogP contribution in [0.5, 0.6) is 0 Å². The van der Waals surface area contributed by atoms with Crippen LogP contribution >= 0.6 is 0 Å². The van der Waals surface area contributed by atoms with Crippen molar-refractivity contribution in [1.82, 2.24) is 29.2 Å². The number of imidazole rings is 1. The summed E-state index contributed by atoms with van der Waals surface area (Å²) < 4.78 is 3.96. The maximum absolute atomic E-state index is 11.1. The second-order valence-corrected chi connectivity index (χ2v) is 6.29. The van der Waals surface area contributed by atoms with Gasteiger partial charge in [-0.3, -0.25) is 9.69 Å². The number of hydrogen-bond donors (Lipinski definition) is 1. The number of primary amides is 1. The third kappa shape index (κ3) is 3.42. The Morgan fingerprint density at radius 3 is 2.96 bits per heavy atom. The van der Waals surface area contributed by atoms with E-state index in [4.69, 9.17) is 5.73 Å². The molecule has 1 atom stereocenters. The van der Waals surface area contributed by atoms with Crippen molar-refractivity contribution in [2.75, 3.05) is 13.1 Å². The van der Waals surface area contributed by atoms with E-state index in [-0.39, 0.29) is 11.9 Å². The second kappa shape index (κ2) is 6.49. The van der Waals surface area contributed by atoms with E-state index in [9.17, 15) is 4.79 Å². The number of carbonyl (C=O) groups is 1. The van der Waals surface area contributed by atoms with Crippen molar-refractivity contribution in [2.24, 2.45) is 5.73 Å². The lowest BCUT2D eigenvalue weighted by molar-refractivity contribution is 0.0988. The number of amides is 1. The third-order valence-electron chi connectivity index (χ3n) is 4.25. The Morgan fingerprint density at radius 2 is 2.26 bits per heavy atom. The average Bonchev–Trinajstić information content (AvgIpc) is 3.16. The van der Waals surface area contributed by atoms with E-state index >= 15 is 0 Å². The van der Waals surface area contributed by atoms with Gasteiger partial charge >= 0.3 is 0 Å². The molecule has 1 aliphatic heterocycles. The zero-order valence-corrected chi connectivity index (χ0v) is 13.6. The van der Waals surface area contributed by atoms with Crippen molar-refractivity contribution in [3.8, 4) is 0 Å². The fraction of sp³-hybridized carbons (Fsp3) is 0.600. The smallest absolute Gasteiger partial charge is 0.288 e. The molecule has 2 aromatic rings.